The highest BCUT2D eigenvalue weighted by molar-refractivity contribution is 7.99. The first-order valence-electron chi connectivity index (χ1n) is 13.6. The molecule has 1 saturated heterocycles. The maximum atomic E-state index is 13.8. The minimum Gasteiger partial charge on any atom is -0.352 e. The zero-order valence-electron chi connectivity index (χ0n) is 23.0. The number of amides is 1. The third-order valence-electron chi connectivity index (χ3n) is 7.69. The first-order chi connectivity index (χ1) is 18.7. The third kappa shape index (κ3) is 5.10. The van der Waals surface area contributed by atoms with Gasteiger partial charge < -0.3 is 15.1 Å². The first kappa shape index (κ1) is 27.4. The van der Waals surface area contributed by atoms with Crippen molar-refractivity contribution in [3.05, 3.63) is 64.9 Å². The number of aromatic nitrogens is 2. The predicted octanol–water partition coefficient (Wildman–Crippen LogP) is 4.60. The maximum Gasteiger partial charge on any atom is 0.350 e. The molecule has 0 spiro atoms. The molecule has 1 amide bonds. The van der Waals surface area contributed by atoms with Gasteiger partial charge in [-0.3, -0.25) is 9.36 Å². The summed E-state index contributed by atoms with van der Waals surface area (Å²) in [4.78, 5) is 35.9. The highest BCUT2D eigenvalue weighted by Crippen LogP contribution is 2.43. The van der Waals surface area contributed by atoms with Gasteiger partial charge in [-0.15, -0.1) is 11.8 Å². The number of hydrogen-bond acceptors (Lipinski definition) is 6. The van der Waals surface area contributed by atoms with Crippen molar-refractivity contribution in [3.63, 3.8) is 0 Å². The molecule has 3 aromatic rings. The molecular weight excluding hydrogens is 513 g/mol. The van der Waals surface area contributed by atoms with Crippen LogP contribution in [0.1, 0.15) is 32.8 Å². The molecule has 0 radical (unpaired) electrons. The van der Waals surface area contributed by atoms with Gasteiger partial charge in [0.25, 0.3) is 0 Å². The number of hydrogen-bond donors (Lipinski definition) is 1. The molecule has 1 aromatic heterocycles. The van der Waals surface area contributed by atoms with Crippen molar-refractivity contribution in [2.45, 2.75) is 63.7 Å². The maximum absolute atomic E-state index is 13.8. The zero-order chi connectivity index (χ0) is 27.8. The van der Waals surface area contributed by atoms with Crippen molar-refractivity contribution in [3.8, 4) is 11.1 Å². The molecule has 0 saturated carbocycles. The lowest BCUT2D eigenvalue weighted by Crippen LogP contribution is -2.58. The molecule has 2 aliphatic heterocycles. The Balaban J connectivity index is 1.70. The monoisotopic (exact) mass is 549 g/mol. The van der Waals surface area contributed by atoms with E-state index in [9.17, 15) is 14.0 Å². The van der Waals surface area contributed by atoms with E-state index in [1.54, 1.807) is 11.8 Å². The minimum atomic E-state index is -0.278. The molecule has 9 heteroatoms. The van der Waals surface area contributed by atoms with E-state index >= 15 is 0 Å². The van der Waals surface area contributed by atoms with Crippen LogP contribution >= 0.6 is 11.8 Å². The predicted molar refractivity (Wildman–Crippen MR) is 157 cm³/mol. The van der Waals surface area contributed by atoms with Crippen LogP contribution in [0.4, 0.5) is 10.2 Å². The van der Waals surface area contributed by atoms with Gasteiger partial charge in [0.05, 0.1) is 5.52 Å². The molecule has 5 rings (SSSR count). The first-order valence-corrected chi connectivity index (χ1v) is 14.6. The van der Waals surface area contributed by atoms with Gasteiger partial charge in [-0.25, -0.2) is 9.18 Å². The quantitative estimate of drug-likeness (QED) is 0.454. The number of benzene rings is 2. The SMILES string of the molecule is C=CC(=O)N1[C@H](C)CN(c2nc(=O)n3c4c(c(-c5ccc(F)cc5)c(C)cc24)SCC(NCCC)C3)C[C@@H]1C. The number of rotatable bonds is 6. The summed E-state index contributed by atoms with van der Waals surface area (Å²) in [5, 5.41) is 4.52. The summed E-state index contributed by atoms with van der Waals surface area (Å²) < 4.78 is 15.6. The number of carbonyl (C=O) groups is 1. The molecule has 0 aliphatic carbocycles. The summed E-state index contributed by atoms with van der Waals surface area (Å²) in [5.41, 5.74) is 3.60. The van der Waals surface area contributed by atoms with Crippen LogP contribution in [-0.2, 0) is 11.3 Å². The van der Waals surface area contributed by atoms with Crippen molar-refractivity contribution in [1.29, 1.82) is 0 Å². The van der Waals surface area contributed by atoms with E-state index in [0.717, 1.165) is 51.2 Å². The third-order valence-corrected chi connectivity index (χ3v) is 8.95. The second-order valence-electron chi connectivity index (χ2n) is 10.6. The molecular formula is C30H36FN5O2S. The number of thioether (sulfide) groups is 1. The standard InChI is InChI=1S/C30H36FN5O2S/c1-6-12-32-23-16-35-27-24(13-18(3)26(28(27)39-17-23)21-8-10-22(31)11-9-21)29(33-30(35)38)34-14-19(4)36(20(5)15-34)25(37)7-2/h7-11,13,19-20,23,32H,2,6,12,14-17H2,1,3-5H3/t19-,20+,23?. The van der Waals surface area contributed by atoms with E-state index in [4.69, 9.17) is 0 Å². The number of piperazine rings is 1. The molecule has 39 heavy (non-hydrogen) atoms. The molecule has 1 unspecified atom stereocenters. The smallest absolute Gasteiger partial charge is 0.350 e. The summed E-state index contributed by atoms with van der Waals surface area (Å²) in [6.45, 7) is 14.4. The van der Waals surface area contributed by atoms with Gasteiger partial charge >= 0.3 is 5.69 Å². The minimum absolute atomic E-state index is 0.0646. The molecule has 7 nitrogen and oxygen atoms in total. The average molecular weight is 550 g/mol. The molecule has 2 aromatic carbocycles. The van der Waals surface area contributed by atoms with Gasteiger partial charge in [0.2, 0.25) is 5.91 Å². The Bertz CT molecular complexity index is 1460. The van der Waals surface area contributed by atoms with Gasteiger partial charge in [0, 0.05) is 59.4 Å². The van der Waals surface area contributed by atoms with Crippen LogP contribution in [0, 0.1) is 12.7 Å². The van der Waals surface area contributed by atoms with Crippen molar-refractivity contribution in [1.82, 2.24) is 19.8 Å². The van der Waals surface area contributed by atoms with E-state index < -0.39 is 0 Å². The number of nitrogens with one attached hydrogen (secondary N) is 1. The van der Waals surface area contributed by atoms with Crippen LogP contribution in [-0.4, -0.2) is 63.9 Å². The lowest BCUT2D eigenvalue weighted by molar-refractivity contribution is -0.130. The summed E-state index contributed by atoms with van der Waals surface area (Å²) in [6, 6.07) is 8.69. The fourth-order valence-electron chi connectivity index (χ4n) is 6.01. The molecule has 1 N–H and O–H groups in total. The lowest BCUT2D eigenvalue weighted by Gasteiger charge is -2.44. The van der Waals surface area contributed by atoms with E-state index in [0.29, 0.717) is 25.5 Å². The van der Waals surface area contributed by atoms with Crippen LogP contribution < -0.4 is 15.9 Å². The van der Waals surface area contributed by atoms with Crippen LogP contribution in [0.5, 0.6) is 0 Å². The fraction of sp³-hybridized carbons (Fsp3) is 0.433. The molecule has 0 bridgehead atoms. The Morgan fingerprint density at radius 2 is 1.90 bits per heavy atom. The van der Waals surface area contributed by atoms with E-state index in [-0.39, 0.29) is 35.5 Å². The van der Waals surface area contributed by atoms with Crippen molar-refractivity contribution in [2.75, 3.05) is 30.3 Å². The molecule has 3 atom stereocenters. The van der Waals surface area contributed by atoms with Crippen LogP contribution in [0.25, 0.3) is 22.0 Å². The Kier molecular flexibility index (Phi) is 7.82. The fourth-order valence-corrected chi connectivity index (χ4v) is 7.38. The number of halogens is 1. The van der Waals surface area contributed by atoms with E-state index in [2.05, 4.69) is 41.7 Å². The highest BCUT2D eigenvalue weighted by atomic mass is 32.2. The second kappa shape index (κ2) is 11.1. The second-order valence-corrected chi connectivity index (χ2v) is 11.7. The van der Waals surface area contributed by atoms with Gasteiger partial charge in [-0.05, 0) is 69.1 Å². The van der Waals surface area contributed by atoms with Gasteiger partial charge in [0.1, 0.15) is 11.6 Å². The Morgan fingerprint density at radius 3 is 2.54 bits per heavy atom. The van der Waals surface area contributed by atoms with Crippen LogP contribution in [0.2, 0.25) is 0 Å². The Labute approximate surface area is 233 Å². The lowest BCUT2D eigenvalue weighted by atomic mass is 9.97. The van der Waals surface area contributed by atoms with Crippen molar-refractivity contribution < 1.29 is 9.18 Å². The number of aryl methyl sites for hydroxylation is 1. The zero-order valence-corrected chi connectivity index (χ0v) is 23.9. The molecule has 2 aliphatic rings. The molecule has 206 valence electrons. The Morgan fingerprint density at radius 1 is 1.21 bits per heavy atom. The average Bonchev–Trinajstić information content (AvgIpc) is 3.10. The number of nitrogens with zero attached hydrogens (tertiary/aromatic N) is 4. The van der Waals surface area contributed by atoms with Gasteiger partial charge in [-0.1, -0.05) is 25.6 Å². The topological polar surface area (TPSA) is 70.5 Å². The van der Waals surface area contributed by atoms with Gasteiger partial charge in [-0.2, -0.15) is 4.98 Å². The Hall–Kier alpha value is -3.17. The molecule has 1 fully saturated rings. The molecule has 3 heterocycles. The van der Waals surface area contributed by atoms with E-state index in [1.807, 2.05) is 35.4 Å². The summed E-state index contributed by atoms with van der Waals surface area (Å²) >= 11 is 1.75. The largest absolute Gasteiger partial charge is 0.352 e. The normalized spacial score (nSPS) is 21.2. The van der Waals surface area contributed by atoms with Crippen molar-refractivity contribution >= 4 is 34.4 Å². The summed E-state index contributed by atoms with van der Waals surface area (Å²) in [6.07, 6.45) is 2.37. The van der Waals surface area contributed by atoms with E-state index in [1.165, 1.54) is 18.2 Å². The van der Waals surface area contributed by atoms with Crippen molar-refractivity contribution in [2.24, 2.45) is 0 Å². The summed E-state index contributed by atoms with van der Waals surface area (Å²) in [7, 11) is 0. The number of anilines is 1. The number of carbonyl (C=O) groups excluding carboxylic acids is 1. The van der Waals surface area contributed by atoms with Crippen LogP contribution in [0.3, 0.4) is 0 Å². The summed E-state index contributed by atoms with van der Waals surface area (Å²) in [5.74, 6) is 1.10. The van der Waals surface area contributed by atoms with Crippen LogP contribution in [0.15, 0.2) is 52.7 Å². The highest BCUT2D eigenvalue weighted by Gasteiger charge is 2.34. The van der Waals surface area contributed by atoms with Gasteiger partial charge in [0.15, 0.2) is 0 Å².